The minimum Gasteiger partial charge on any atom is -0.486 e. The van der Waals surface area contributed by atoms with Gasteiger partial charge < -0.3 is 19.4 Å². The van der Waals surface area contributed by atoms with Crippen molar-refractivity contribution in [3.05, 3.63) is 62.3 Å². The third kappa shape index (κ3) is 3.68. The number of aryl methyl sites for hydroxylation is 1. The molecule has 0 spiro atoms. The van der Waals surface area contributed by atoms with Gasteiger partial charge in [-0.05, 0) is 25.8 Å². The molecule has 0 amide bonds. The number of benzene rings is 1. The molecule has 0 aliphatic carbocycles. The molecule has 2 aromatic heterocycles. The summed E-state index contributed by atoms with van der Waals surface area (Å²) in [4.78, 5) is 25.5. The highest BCUT2D eigenvalue weighted by molar-refractivity contribution is 5.90. The number of hydrogen-bond acceptors (Lipinski definition) is 6. The first-order valence-corrected chi connectivity index (χ1v) is 10.9. The maximum absolute atomic E-state index is 14.1. The van der Waals surface area contributed by atoms with E-state index in [0.717, 1.165) is 4.68 Å². The molecule has 1 aromatic carbocycles. The van der Waals surface area contributed by atoms with Crippen molar-refractivity contribution in [1.29, 1.82) is 0 Å². The Bertz CT molecular complexity index is 1340. The molecule has 10 heteroatoms. The molecule has 1 unspecified atom stereocenters. The molecule has 2 aliphatic heterocycles. The molecule has 8 nitrogen and oxygen atoms in total. The Morgan fingerprint density at radius 1 is 1.21 bits per heavy atom. The SMILES string of the molecule is CC(Nc1nn(C)c(=O)c2cc(=O)n(C3CCOCC3)cc12)c1cccc2c1OCC2(F)F. The Morgan fingerprint density at radius 3 is 2.73 bits per heavy atom. The Kier molecular flexibility index (Phi) is 5.19. The van der Waals surface area contributed by atoms with E-state index in [9.17, 15) is 18.4 Å². The fourth-order valence-corrected chi connectivity index (χ4v) is 4.56. The van der Waals surface area contributed by atoms with Crippen molar-refractivity contribution in [3.8, 4) is 5.75 Å². The van der Waals surface area contributed by atoms with Gasteiger partial charge in [-0.2, -0.15) is 13.9 Å². The molecule has 2 aliphatic rings. The van der Waals surface area contributed by atoms with Gasteiger partial charge in [0.25, 0.3) is 11.1 Å². The minimum absolute atomic E-state index is 0.0296. The fourth-order valence-electron chi connectivity index (χ4n) is 4.56. The van der Waals surface area contributed by atoms with Crippen molar-refractivity contribution in [2.24, 2.45) is 7.05 Å². The van der Waals surface area contributed by atoms with Crippen LogP contribution in [-0.2, 0) is 17.7 Å². The molecule has 174 valence electrons. The lowest BCUT2D eigenvalue weighted by molar-refractivity contribution is -0.0214. The van der Waals surface area contributed by atoms with Crippen LogP contribution in [0, 0.1) is 0 Å². The molecule has 0 saturated carbocycles. The maximum atomic E-state index is 14.1. The summed E-state index contributed by atoms with van der Waals surface area (Å²) >= 11 is 0. The number of fused-ring (bicyclic) bond motifs is 2. The van der Waals surface area contributed by atoms with Crippen LogP contribution in [0.1, 0.15) is 43.0 Å². The highest BCUT2D eigenvalue weighted by Crippen LogP contribution is 2.45. The average Bonchev–Trinajstić information content (AvgIpc) is 3.12. The van der Waals surface area contributed by atoms with Gasteiger partial charge >= 0.3 is 5.92 Å². The van der Waals surface area contributed by atoms with Gasteiger partial charge in [-0.15, -0.1) is 0 Å². The number of nitrogens with one attached hydrogen (secondary N) is 1. The predicted octanol–water partition coefficient (Wildman–Crippen LogP) is 3.10. The lowest BCUT2D eigenvalue weighted by Gasteiger charge is -2.25. The van der Waals surface area contributed by atoms with Crippen molar-refractivity contribution in [2.75, 3.05) is 25.1 Å². The quantitative estimate of drug-likeness (QED) is 0.647. The molecule has 0 bridgehead atoms. The van der Waals surface area contributed by atoms with Crippen molar-refractivity contribution in [1.82, 2.24) is 14.3 Å². The number of aromatic nitrogens is 3. The van der Waals surface area contributed by atoms with Gasteiger partial charge in [0.05, 0.1) is 17.0 Å². The molecule has 5 rings (SSSR count). The Labute approximate surface area is 187 Å². The predicted molar refractivity (Wildman–Crippen MR) is 118 cm³/mol. The molecule has 1 saturated heterocycles. The van der Waals surface area contributed by atoms with E-state index in [1.807, 2.05) is 6.92 Å². The summed E-state index contributed by atoms with van der Waals surface area (Å²) in [6.45, 7) is 2.25. The lowest BCUT2D eigenvalue weighted by Crippen LogP contribution is -2.30. The number of para-hydroxylation sites is 1. The topological polar surface area (TPSA) is 87.4 Å². The van der Waals surface area contributed by atoms with Crippen LogP contribution in [0.15, 0.2) is 40.1 Å². The molecular weight excluding hydrogens is 434 g/mol. The van der Waals surface area contributed by atoms with E-state index in [0.29, 0.717) is 42.8 Å². The highest BCUT2D eigenvalue weighted by Gasteiger charge is 2.42. The first-order chi connectivity index (χ1) is 15.8. The molecule has 4 heterocycles. The largest absolute Gasteiger partial charge is 0.486 e. The summed E-state index contributed by atoms with van der Waals surface area (Å²) in [5, 5.41) is 8.35. The first-order valence-electron chi connectivity index (χ1n) is 10.9. The van der Waals surface area contributed by atoms with Gasteiger partial charge in [-0.25, -0.2) is 4.68 Å². The molecule has 3 aromatic rings. The smallest absolute Gasteiger partial charge is 0.310 e. The second kappa shape index (κ2) is 7.95. The normalized spacial score (nSPS) is 18.7. The number of alkyl halides is 2. The monoisotopic (exact) mass is 458 g/mol. The minimum atomic E-state index is -3.04. The van der Waals surface area contributed by atoms with Crippen LogP contribution in [0.5, 0.6) is 5.75 Å². The van der Waals surface area contributed by atoms with Crippen LogP contribution in [0.2, 0.25) is 0 Å². The molecule has 1 fully saturated rings. The van der Waals surface area contributed by atoms with Crippen LogP contribution < -0.4 is 21.2 Å². The van der Waals surface area contributed by atoms with Gasteiger partial charge in [-0.3, -0.25) is 9.59 Å². The summed E-state index contributed by atoms with van der Waals surface area (Å²) in [7, 11) is 1.51. The number of halogens is 2. The van der Waals surface area contributed by atoms with Gasteiger partial charge in [-0.1, -0.05) is 12.1 Å². The van der Waals surface area contributed by atoms with E-state index in [-0.39, 0.29) is 33.9 Å². The molecule has 33 heavy (non-hydrogen) atoms. The van der Waals surface area contributed by atoms with E-state index in [1.165, 1.54) is 19.2 Å². The second-order valence-electron chi connectivity index (χ2n) is 8.55. The van der Waals surface area contributed by atoms with Crippen LogP contribution in [0.3, 0.4) is 0 Å². The number of pyridine rings is 1. The van der Waals surface area contributed by atoms with E-state index < -0.39 is 18.6 Å². The van der Waals surface area contributed by atoms with E-state index in [2.05, 4.69) is 10.4 Å². The zero-order valence-corrected chi connectivity index (χ0v) is 18.3. The molecular formula is C23H24F2N4O4. The Hall–Kier alpha value is -3.27. The summed E-state index contributed by atoms with van der Waals surface area (Å²) < 4.78 is 41.8. The zero-order chi connectivity index (χ0) is 23.3. The average molecular weight is 458 g/mol. The molecule has 1 N–H and O–H groups in total. The van der Waals surface area contributed by atoms with Crippen LogP contribution in [-0.4, -0.2) is 34.2 Å². The molecule has 1 atom stereocenters. The van der Waals surface area contributed by atoms with Crippen LogP contribution >= 0.6 is 0 Å². The van der Waals surface area contributed by atoms with Crippen molar-refractivity contribution < 1.29 is 18.3 Å². The number of anilines is 1. The third-order valence-corrected chi connectivity index (χ3v) is 6.35. The maximum Gasteiger partial charge on any atom is 0.310 e. The summed E-state index contributed by atoms with van der Waals surface area (Å²) in [5.74, 6) is -2.49. The van der Waals surface area contributed by atoms with Crippen molar-refractivity contribution >= 4 is 16.6 Å². The van der Waals surface area contributed by atoms with Gasteiger partial charge in [0.1, 0.15) is 5.75 Å². The summed E-state index contributed by atoms with van der Waals surface area (Å²) in [6.07, 6.45) is 3.06. The Morgan fingerprint density at radius 2 is 1.97 bits per heavy atom. The van der Waals surface area contributed by atoms with E-state index >= 15 is 0 Å². The zero-order valence-electron chi connectivity index (χ0n) is 18.3. The van der Waals surface area contributed by atoms with Crippen LogP contribution in [0.4, 0.5) is 14.6 Å². The lowest BCUT2D eigenvalue weighted by atomic mass is 10.0. The molecule has 0 radical (unpaired) electrons. The summed E-state index contributed by atoms with van der Waals surface area (Å²) in [6, 6.07) is 5.52. The fraction of sp³-hybridized carbons (Fsp3) is 0.435. The second-order valence-corrected chi connectivity index (χ2v) is 8.55. The van der Waals surface area contributed by atoms with Crippen molar-refractivity contribution in [2.45, 2.75) is 37.8 Å². The number of nitrogens with zero attached hydrogens (tertiary/aromatic N) is 3. The Balaban J connectivity index is 1.58. The van der Waals surface area contributed by atoms with E-state index in [1.54, 1.807) is 22.9 Å². The van der Waals surface area contributed by atoms with E-state index in [4.69, 9.17) is 9.47 Å². The number of hydrogen-bond donors (Lipinski definition) is 1. The number of rotatable bonds is 4. The third-order valence-electron chi connectivity index (χ3n) is 6.35. The van der Waals surface area contributed by atoms with Gasteiger partial charge in [0.15, 0.2) is 12.4 Å². The first kappa shape index (κ1) is 21.6. The van der Waals surface area contributed by atoms with Gasteiger partial charge in [0.2, 0.25) is 0 Å². The summed E-state index contributed by atoms with van der Waals surface area (Å²) in [5.41, 5.74) is -0.220. The van der Waals surface area contributed by atoms with Crippen molar-refractivity contribution in [3.63, 3.8) is 0 Å². The number of ether oxygens (including phenoxy) is 2. The van der Waals surface area contributed by atoms with Crippen LogP contribution in [0.25, 0.3) is 10.8 Å². The standard InChI is InChI=1S/C23H24F2N4O4/c1-13(15-4-3-5-18-20(15)33-12-23(18,24)25)26-21-17-11-29(14-6-8-32-9-7-14)19(30)10-16(17)22(31)28(2)27-21/h3-5,10-11,13-14H,6-9,12H2,1-2H3,(H,26,27). The highest BCUT2D eigenvalue weighted by atomic mass is 19.3. The van der Waals surface area contributed by atoms with Gasteiger partial charge in [0, 0.05) is 49.5 Å².